The van der Waals surface area contributed by atoms with E-state index in [1.54, 1.807) is 13.1 Å². The molecule has 0 saturated carbocycles. The minimum absolute atomic E-state index is 0.0886. The lowest BCUT2D eigenvalue weighted by atomic mass is 9.94. The van der Waals surface area contributed by atoms with Gasteiger partial charge in [-0.15, -0.1) is 0 Å². The first-order chi connectivity index (χ1) is 9.39. The highest BCUT2D eigenvalue weighted by molar-refractivity contribution is 5.63. The van der Waals surface area contributed by atoms with E-state index in [-0.39, 0.29) is 22.3 Å². The van der Waals surface area contributed by atoms with Crippen LogP contribution in [0.1, 0.15) is 26.7 Å². The SMILES string of the molecule is CNc1cc(NC2CCOC(C)(C)C2)cc([N+](=O)[O-])c1. The molecule has 1 aliphatic heterocycles. The molecule has 1 fully saturated rings. The molecular weight excluding hydrogens is 258 g/mol. The fraction of sp³-hybridized carbons (Fsp3) is 0.571. The highest BCUT2D eigenvalue weighted by atomic mass is 16.6. The van der Waals surface area contributed by atoms with Crippen LogP contribution >= 0.6 is 0 Å². The third-order valence-corrected chi connectivity index (χ3v) is 3.49. The molecule has 0 spiro atoms. The highest BCUT2D eigenvalue weighted by Gasteiger charge is 2.28. The second kappa shape index (κ2) is 5.66. The highest BCUT2D eigenvalue weighted by Crippen LogP contribution is 2.29. The van der Waals surface area contributed by atoms with Gasteiger partial charge < -0.3 is 15.4 Å². The zero-order valence-electron chi connectivity index (χ0n) is 12.1. The van der Waals surface area contributed by atoms with Crippen molar-refractivity contribution in [1.29, 1.82) is 0 Å². The Morgan fingerprint density at radius 1 is 1.35 bits per heavy atom. The van der Waals surface area contributed by atoms with Crippen LogP contribution < -0.4 is 10.6 Å². The lowest BCUT2D eigenvalue weighted by Crippen LogP contribution is -2.40. The number of benzene rings is 1. The maximum atomic E-state index is 10.9. The molecule has 0 aromatic heterocycles. The van der Waals surface area contributed by atoms with E-state index in [1.807, 2.05) is 6.07 Å². The monoisotopic (exact) mass is 279 g/mol. The van der Waals surface area contributed by atoms with Gasteiger partial charge in [0.2, 0.25) is 0 Å². The lowest BCUT2D eigenvalue weighted by molar-refractivity contribution is -0.384. The van der Waals surface area contributed by atoms with Crippen molar-refractivity contribution in [2.45, 2.75) is 38.3 Å². The van der Waals surface area contributed by atoms with Crippen molar-refractivity contribution in [1.82, 2.24) is 0 Å². The average Bonchev–Trinajstić information content (AvgIpc) is 2.37. The normalized spacial score (nSPS) is 21.2. The Hall–Kier alpha value is -1.82. The van der Waals surface area contributed by atoms with Gasteiger partial charge in [-0.2, -0.15) is 0 Å². The van der Waals surface area contributed by atoms with Crippen LogP contribution in [0.15, 0.2) is 18.2 Å². The van der Waals surface area contributed by atoms with E-state index in [4.69, 9.17) is 4.74 Å². The Morgan fingerprint density at radius 3 is 2.65 bits per heavy atom. The molecule has 6 nitrogen and oxygen atoms in total. The van der Waals surface area contributed by atoms with Gasteiger partial charge in [0.1, 0.15) is 0 Å². The lowest BCUT2D eigenvalue weighted by Gasteiger charge is -2.36. The van der Waals surface area contributed by atoms with Crippen LogP contribution in [0.4, 0.5) is 17.1 Å². The van der Waals surface area contributed by atoms with Crippen LogP contribution in [0.3, 0.4) is 0 Å². The number of nitrogens with one attached hydrogen (secondary N) is 2. The van der Waals surface area contributed by atoms with Gasteiger partial charge in [-0.1, -0.05) is 0 Å². The number of non-ortho nitro benzene ring substituents is 1. The van der Waals surface area contributed by atoms with E-state index < -0.39 is 0 Å². The molecule has 1 aliphatic rings. The molecule has 1 aromatic carbocycles. The molecule has 2 N–H and O–H groups in total. The van der Waals surface area contributed by atoms with Crippen LogP contribution in [0.5, 0.6) is 0 Å². The maximum Gasteiger partial charge on any atom is 0.273 e. The van der Waals surface area contributed by atoms with Crippen molar-refractivity contribution in [2.24, 2.45) is 0 Å². The van der Waals surface area contributed by atoms with Crippen LogP contribution in [0.25, 0.3) is 0 Å². The molecule has 0 amide bonds. The number of ether oxygens (including phenoxy) is 1. The number of nitro benzene ring substituents is 1. The molecule has 110 valence electrons. The van der Waals surface area contributed by atoms with E-state index in [1.165, 1.54) is 6.07 Å². The summed E-state index contributed by atoms with van der Waals surface area (Å²) in [5.41, 5.74) is 1.44. The van der Waals surface area contributed by atoms with Crippen molar-refractivity contribution in [3.63, 3.8) is 0 Å². The summed E-state index contributed by atoms with van der Waals surface area (Å²) in [6.07, 6.45) is 1.78. The Bertz CT molecular complexity index is 502. The van der Waals surface area contributed by atoms with Crippen molar-refractivity contribution in [3.05, 3.63) is 28.3 Å². The minimum atomic E-state index is -0.375. The van der Waals surface area contributed by atoms with Crippen LogP contribution in [0, 0.1) is 10.1 Å². The molecule has 2 rings (SSSR count). The van der Waals surface area contributed by atoms with E-state index >= 15 is 0 Å². The third kappa shape index (κ3) is 3.60. The number of anilines is 2. The minimum Gasteiger partial charge on any atom is -0.388 e. The first kappa shape index (κ1) is 14.6. The molecule has 20 heavy (non-hydrogen) atoms. The van der Waals surface area contributed by atoms with Crippen molar-refractivity contribution < 1.29 is 9.66 Å². The van der Waals surface area contributed by atoms with Crippen molar-refractivity contribution >= 4 is 17.1 Å². The Kier molecular flexibility index (Phi) is 4.13. The molecule has 1 aromatic rings. The summed E-state index contributed by atoms with van der Waals surface area (Å²) in [6, 6.07) is 5.25. The van der Waals surface area contributed by atoms with Crippen LogP contribution in [-0.4, -0.2) is 30.2 Å². The second-order valence-electron chi connectivity index (χ2n) is 5.72. The fourth-order valence-electron chi connectivity index (χ4n) is 2.54. The van der Waals surface area contributed by atoms with E-state index in [2.05, 4.69) is 24.5 Å². The van der Waals surface area contributed by atoms with Gasteiger partial charge in [0.25, 0.3) is 5.69 Å². The standard InChI is InChI=1S/C14H21N3O3/c1-14(2)9-10(4-5-20-14)16-12-6-11(15-3)7-13(8-12)17(18)19/h6-8,10,15-16H,4-5,9H2,1-3H3. The maximum absolute atomic E-state index is 10.9. The number of hydrogen-bond donors (Lipinski definition) is 2. The number of nitro groups is 1. The van der Waals surface area contributed by atoms with Gasteiger partial charge in [0.15, 0.2) is 0 Å². The van der Waals surface area contributed by atoms with Gasteiger partial charge in [-0.05, 0) is 32.8 Å². The summed E-state index contributed by atoms with van der Waals surface area (Å²) in [4.78, 5) is 10.6. The number of nitrogens with zero attached hydrogens (tertiary/aromatic N) is 1. The zero-order chi connectivity index (χ0) is 14.8. The molecule has 0 radical (unpaired) electrons. The number of rotatable bonds is 4. The summed E-state index contributed by atoms with van der Waals surface area (Å²) in [5.74, 6) is 0. The predicted molar refractivity (Wildman–Crippen MR) is 79.3 cm³/mol. The Labute approximate surface area is 118 Å². The third-order valence-electron chi connectivity index (χ3n) is 3.49. The Morgan fingerprint density at radius 2 is 2.05 bits per heavy atom. The van der Waals surface area contributed by atoms with E-state index in [0.717, 1.165) is 24.2 Å². The number of hydrogen-bond acceptors (Lipinski definition) is 5. The van der Waals surface area contributed by atoms with Crippen molar-refractivity contribution in [3.8, 4) is 0 Å². The second-order valence-corrected chi connectivity index (χ2v) is 5.72. The first-order valence-electron chi connectivity index (χ1n) is 6.77. The van der Waals surface area contributed by atoms with Gasteiger partial charge in [0.05, 0.1) is 10.5 Å². The Balaban J connectivity index is 2.16. The molecule has 1 atom stereocenters. The predicted octanol–water partition coefficient (Wildman–Crippen LogP) is 3.01. The molecular formula is C14H21N3O3. The van der Waals surface area contributed by atoms with Gasteiger partial charge in [-0.3, -0.25) is 10.1 Å². The smallest absolute Gasteiger partial charge is 0.273 e. The topological polar surface area (TPSA) is 76.4 Å². The summed E-state index contributed by atoms with van der Waals surface area (Å²) in [5, 5.41) is 17.3. The summed E-state index contributed by atoms with van der Waals surface area (Å²) >= 11 is 0. The average molecular weight is 279 g/mol. The van der Waals surface area contributed by atoms with Gasteiger partial charge >= 0.3 is 0 Å². The van der Waals surface area contributed by atoms with Gasteiger partial charge in [0, 0.05) is 43.2 Å². The fourth-order valence-corrected chi connectivity index (χ4v) is 2.54. The zero-order valence-corrected chi connectivity index (χ0v) is 12.1. The molecule has 1 saturated heterocycles. The van der Waals surface area contributed by atoms with E-state index in [0.29, 0.717) is 6.61 Å². The quantitative estimate of drug-likeness (QED) is 0.654. The molecule has 0 bridgehead atoms. The van der Waals surface area contributed by atoms with Crippen LogP contribution in [-0.2, 0) is 4.74 Å². The van der Waals surface area contributed by atoms with Crippen LogP contribution in [0.2, 0.25) is 0 Å². The van der Waals surface area contributed by atoms with E-state index in [9.17, 15) is 10.1 Å². The molecule has 6 heteroatoms. The molecule has 1 unspecified atom stereocenters. The molecule has 1 heterocycles. The summed E-state index contributed by atoms with van der Waals surface area (Å²) in [6.45, 7) is 4.83. The summed E-state index contributed by atoms with van der Waals surface area (Å²) in [7, 11) is 1.75. The first-order valence-corrected chi connectivity index (χ1v) is 6.77. The van der Waals surface area contributed by atoms with Crippen molar-refractivity contribution in [2.75, 3.05) is 24.3 Å². The molecule has 0 aliphatic carbocycles. The van der Waals surface area contributed by atoms with Gasteiger partial charge in [-0.25, -0.2) is 0 Å². The summed E-state index contributed by atoms with van der Waals surface area (Å²) < 4.78 is 5.68. The largest absolute Gasteiger partial charge is 0.388 e.